The van der Waals surface area contributed by atoms with E-state index >= 15 is 0 Å². The van der Waals surface area contributed by atoms with Gasteiger partial charge in [0.1, 0.15) is 0 Å². The molecule has 212 valence electrons. The van der Waals surface area contributed by atoms with Gasteiger partial charge < -0.3 is 8.85 Å². The fourth-order valence-corrected chi connectivity index (χ4v) is 4.78. The lowest BCUT2D eigenvalue weighted by atomic mass is 9.88. The van der Waals surface area contributed by atoms with Crippen LogP contribution in [-0.2, 0) is 8.85 Å². The van der Waals surface area contributed by atoms with Crippen LogP contribution in [0.2, 0.25) is 6.55 Å². The Morgan fingerprint density at radius 2 is 0.800 bits per heavy atom. The SMILES string of the molecule is CCO[Si](C)(OCC)C(F)(F)C(F)(F)C(F)(F)C(F)(F)C(F)(F)C(F)(F)C(F)(F)C(F)(F)C(C)F. The van der Waals surface area contributed by atoms with Crippen molar-refractivity contribution in [3.8, 4) is 0 Å². The summed E-state index contributed by atoms with van der Waals surface area (Å²) in [6, 6.07) is 0. The lowest BCUT2D eigenvalue weighted by molar-refractivity contribution is -0.452. The van der Waals surface area contributed by atoms with E-state index in [1.165, 1.54) is 0 Å². The molecule has 0 N–H and O–H groups in total. The second-order valence-corrected chi connectivity index (χ2v) is 10.2. The molecule has 0 fully saturated rings. The molecule has 0 aliphatic heterocycles. The minimum Gasteiger partial charge on any atom is -0.391 e. The Labute approximate surface area is 187 Å². The summed E-state index contributed by atoms with van der Waals surface area (Å²) in [6.45, 7) is -1.26. The third kappa shape index (κ3) is 4.37. The Kier molecular flexibility index (Phi) is 9.08. The van der Waals surface area contributed by atoms with E-state index in [1.807, 2.05) is 0 Å². The smallest absolute Gasteiger partial charge is 0.391 e. The first-order valence-electron chi connectivity index (χ1n) is 9.01. The van der Waals surface area contributed by atoms with Crippen molar-refractivity contribution in [3.63, 3.8) is 0 Å². The number of rotatable bonds is 13. The van der Waals surface area contributed by atoms with Crippen molar-refractivity contribution in [2.45, 2.75) is 80.5 Å². The Bertz CT molecular complexity index is 731. The molecule has 0 spiro atoms. The Hall–Kier alpha value is -1.05. The van der Waals surface area contributed by atoms with Gasteiger partial charge in [0.25, 0.3) is 0 Å². The average Bonchev–Trinajstić information content (AvgIpc) is 2.66. The minimum absolute atomic E-state index is 0.119. The van der Waals surface area contributed by atoms with Gasteiger partial charge in [-0.3, -0.25) is 0 Å². The van der Waals surface area contributed by atoms with E-state index in [2.05, 4.69) is 8.85 Å². The van der Waals surface area contributed by atoms with Crippen LogP contribution < -0.4 is 0 Å². The summed E-state index contributed by atoms with van der Waals surface area (Å²) in [5.74, 6) is -56.6. The van der Waals surface area contributed by atoms with Gasteiger partial charge in [-0.2, -0.15) is 70.2 Å². The summed E-state index contributed by atoms with van der Waals surface area (Å²) in [6.07, 6.45) is -4.50. The van der Waals surface area contributed by atoms with Gasteiger partial charge in [-0.05, 0) is 27.3 Å². The third-order valence-corrected chi connectivity index (χ3v) is 7.83. The van der Waals surface area contributed by atoms with Crippen LogP contribution in [0.15, 0.2) is 0 Å². The molecule has 0 rings (SSSR count). The summed E-state index contributed by atoms with van der Waals surface area (Å²) in [5, 5.41) is 0. The molecule has 0 amide bonds. The van der Waals surface area contributed by atoms with E-state index in [0.717, 1.165) is 13.8 Å². The average molecular weight is 580 g/mol. The molecule has 0 heterocycles. The monoisotopic (exact) mass is 580 g/mol. The van der Waals surface area contributed by atoms with E-state index in [-0.39, 0.29) is 6.55 Å². The fourth-order valence-electron chi connectivity index (χ4n) is 2.50. The molecule has 2 nitrogen and oxygen atoms in total. The van der Waals surface area contributed by atoms with Crippen molar-refractivity contribution < 1.29 is 83.5 Å². The molecule has 0 bridgehead atoms. The molecular formula is C15H17F17O2Si. The maximum absolute atomic E-state index is 14.4. The standard InChI is InChI=1S/C15H17F17O2Si/c1-5-33-35(4,34-6-2)15(31,32)14(29,30)13(27,28)12(25,26)11(23,24)10(21,22)9(19,20)8(17,18)7(3)16/h7H,5-6H2,1-4H3. The fraction of sp³-hybridized carbons (Fsp3) is 1.00. The van der Waals surface area contributed by atoms with Crippen LogP contribution in [-0.4, -0.2) is 74.9 Å². The van der Waals surface area contributed by atoms with Gasteiger partial charge in [0.2, 0.25) is 0 Å². The van der Waals surface area contributed by atoms with Gasteiger partial charge in [-0.1, -0.05) is 0 Å². The predicted octanol–water partition coefficient (Wildman–Crippen LogP) is 7.11. The van der Waals surface area contributed by atoms with Crippen molar-refractivity contribution in [1.82, 2.24) is 0 Å². The first kappa shape index (κ1) is 33.9. The topological polar surface area (TPSA) is 18.5 Å². The van der Waals surface area contributed by atoms with Crippen LogP contribution in [0.3, 0.4) is 0 Å². The molecule has 1 unspecified atom stereocenters. The molecule has 0 aromatic rings. The second kappa shape index (κ2) is 9.36. The van der Waals surface area contributed by atoms with Gasteiger partial charge in [0.15, 0.2) is 6.17 Å². The van der Waals surface area contributed by atoms with Gasteiger partial charge in [0.05, 0.1) is 0 Å². The van der Waals surface area contributed by atoms with Gasteiger partial charge >= 0.3 is 55.6 Å². The Balaban J connectivity index is 7.03. The highest BCUT2D eigenvalue weighted by Crippen LogP contribution is 2.64. The van der Waals surface area contributed by atoms with Crippen molar-refractivity contribution in [3.05, 3.63) is 0 Å². The van der Waals surface area contributed by atoms with E-state index in [1.54, 1.807) is 0 Å². The second-order valence-electron chi connectivity index (χ2n) is 7.07. The van der Waals surface area contributed by atoms with Crippen LogP contribution in [0, 0.1) is 0 Å². The number of halogens is 17. The van der Waals surface area contributed by atoms with Crippen molar-refractivity contribution in [1.29, 1.82) is 0 Å². The highest BCUT2D eigenvalue weighted by Gasteiger charge is 2.96. The number of hydrogen-bond donors (Lipinski definition) is 0. The number of alkyl halides is 17. The molecule has 20 heteroatoms. The summed E-state index contributed by atoms with van der Waals surface area (Å²) in [7, 11) is -6.13. The zero-order valence-electron chi connectivity index (χ0n) is 17.7. The maximum Gasteiger partial charge on any atom is 0.419 e. The molecule has 0 saturated heterocycles. The molecule has 1 atom stereocenters. The molecule has 0 aromatic heterocycles. The van der Waals surface area contributed by atoms with E-state index < -0.39 is 81.9 Å². The van der Waals surface area contributed by atoms with Crippen molar-refractivity contribution >= 4 is 8.56 Å². The van der Waals surface area contributed by atoms with Crippen LogP contribution in [0.1, 0.15) is 20.8 Å². The predicted molar refractivity (Wildman–Crippen MR) is 85.0 cm³/mol. The van der Waals surface area contributed by atoms with Crippen LogP contribution >= 0.6 is 0 Å². The summed E-state index contributed by atoms with van der Waals surface area (Å²) < 4.78 is 241. The molecule has 0 saturated carbocycles. The zero-order valence-corrected chi connectivity index (χ0v) is 18.7. The third-order valence-electron chi connectivity index (χ3n) is 4.69. The highest BCUT2D eigenvalue weighted by atomic mass is 28.4. The Morgan fingerprint density at radius 1 is 0.543 bits per heavy atom. The van der Waals surface area contributed by atoms with E-state index in [9.17, 15) is 74.6 Å². The summed E-state index contributed by atoms with van der Waals surface area (Å²) in [4.78, 5) is 0. The lowest BCUT2D eigenvalue weighted by Crippen LogP contribution is -2.78. The molecule has 0 aromatic carbocycles. The normalized spacial score (nSPS) is 17.1. The van der Waals surface area contributed by atoms with Crippen LogP contribution in [0.5, 0.6) is 0 Å². The van der Waals surface area contributed by atoms with Gasteiger partial charge in [-0.25, -0.2) is 4.39 Å². The zero-order chi connectivity index (χ0) is 28.9. The Morgan fingerprint density at radius 3 is 1.06 bits per heavy atom. The lowest BCUT2D eigenvalue weighted by Gasteiger charge is -2.45. The molecule has 0 aliphatic carbocycles. The largest absolute Gasteiger partial charge is 0.419 e. The molecular weight excluding hydrogens is 563 g/mol. The van der Waals surface area contributed by atoms with Gasteiger partial charge in [0, 0.05) is 13.2 Å². The number of hydrogen-bond acceptors (Lipinski definition) is 2. The highest BCUT2D eigenvalue weighted by molar-refractivity contribution is 6.69. The first-order chi connectivity index (χ1) is 15.1. The van der Waals surface area contributed by atoms with Crippen molar-refractivity contribution in [2.75, 3.05) is 13.2 Å². The van der Waals surface area contributed by atoms with Gasteiger partial charge in [-0.15, -0.1) is 0 Å². The maximum atomic E-state index is 14.4. The van der Waals surface area contributed by atoms with E-state index in [4.69, 9.17) is 0 Å². The molecule has 0 radical (unpaired) electrons. The van der Waals surface area contributed by atoms with Crippen LogP contribution in [0.25, 0.3) is 0 Å². The minimum atomic E-state index is -8.60. The van der Waals surface area contributed by atoms with Crippen LogP contribution in [0.4, 0.5) is 74.6 Å². The summed E-state index contributed by atoms with van der Waals surface area (Å²) >= 11 is 0. The quantitative estimate of drug-likeness (QED) is 0.171. The molecule has 35 heavy (non-hydrogen) atoms. The molecule has 0 aliphatic rings. The van der Waals surface area contributed by atoms with E-state index in [0.29, 0.717) is 0 Å². The van der Waals surface area contributed by atoms with Crippen molar-refractivity contribution in [2.24, 2.45) is 0 Å². The summed E-state index contributed by atoms with van der Waals surface area (Å²) in [5.41, 5.74) is -6.65. The first-order valence-corrected chi connectivity index (χ1v) is 11.3.